The lowest BCUT2D eigenvalue weighted by atomic mass is 9.92. The zero-order valence-corrected chi connectivity index (χ0v) is 31.6. The molecule has 2 aromatic rings. The highest BCUT2D eigenvalue weighted by atomic mass is 32.2. The molecule has 0 spiro atoms. The molecule has 0 saturated heterocycles. The van der Waals surface area contributed by atoms with E-state index in [9.17, 15) is 33.9 Å². The molecule has 14 nitrogen and oxygen atoms in total. The number of carbonyl (C=O) groups is 6. The molecular formula is C37H53N5O9S. The molecule has 1 unspecified atom stereocenters. The van der Waals surface area contributed by atoms with Gasteiger partial charge in [-0.2, -0.15) is 11.8 Å². The third-order valence-corrected chi connectivity index (χ3v) is 8.64. The molecule has 3 amide bonds. The lowest BCUT2D eigenvalue weighted by Crippen LogP contribution is -2.54. The number of thioether (sulfide) groups is 1. The zero-order valence-electron chi connectivity index (χ0n) is 30.8. The van der Waals surface area contributed by atoms with Gasteiger partial charge in [-0.25, -0.2) is 4.79 Å². The Hall–Kier alpha value is -4.47. The monoisotopic (exact) mass is 743 g/mol. The summed E-state index contributed by atoms with van der Waals surface area (Å²) in [5, 5.41) is 17.9. The van der Waals surface area contributed by atoms with E-state index in [0.29, 0.717) is 22.4 Å². The number of aromatic hydroxyl groups is 1. The van der Waals surface area contributed by atoms with E-state index in [1.807, 2.05) is 6.26 Å². The molecule has 4 atom stereocenters. The number of nitrogens with one attached hydrogen (secondary N) is 3. The predicted molar refractivity (Wildman–Crippen MR) is 199 cm³/mol. The van der Waals surface area contributed by atoms with E-state index in [-0.39, 0.29) is 44.5 Å². The fourth-order valence-electron chi connectivity index (χ4n) is 5.43. The minimum absolute atomic E-state index is 0.00762. The summed E-state index contributed by atoms with van der Waals surface area (Å²) in [6.45, 7) is 7.40. The zero-order chi connectivity index (χ0) is 39.0. The first-order valence-corrected chi connectivity index (χ1v) is 18.4. The maximum Gasteiger partial charge on any atom is 0.408 e. The van der Waals surface area contributed by atoms with Gasteiger partial charge in [0.25, 0.3) is 0 Å². The molecule has 0 aliphatic heterocycles. The number of hydrogen-bond acceptors (Lipinski definition) is 12. The van der Waals surface area contributed by atoms with Gasteiger partial charge in [-0.05, 0) is 107 Å². The number of esters is 1. The van der Waals surface area contributed by atoms with Crippen LogP contribution in [0.15, 0.2) is 42.5 Å². The van der Waals surface area contributed by atoms with Gasteiger partial charge in [-0.1, -0.05) is 30.3 Å². The molecule has 286 valence electrons. The van der Waals surface area contributed by atoms with Crippen LogP contribution in [0.3, 0.4) is 0 Å². The SMILES string of the molecule is CSCC[C@H](NC(=O)[C@H](Cc1c(C)cc(O)cc1C)NC(=O)OC(C)(C)C)C(=O)C(CCN)C(=O)OCC(=O)[C@H](Cc1ccccc1)NC(=O)CN. The molecule has 0 heterocycles. The highest BCUT2D eigenvalue weighted by molar-refractivity contribution is 7.98. The van der Waals surface area contributed by atoms with E-state index in [4.69, 9.17) is 20.9 Å². The second kappa shape index (κ2) is 21.2. The Labute approximate surface area is 309 Å². The van der Waals surface area contributed by atoms with Crippen LogP contribution in [0.25, 0.3) is 0 Å². The van der Waals surface area contributed by atoms with Crippen LogP contribution >= 0.6 is 11.8 Å². The van der Waals surface area contributed by atoms with Crippen molar-refractivity contribution < 1.29 is 43.3 Å². The average Bonchev–Trinajstić information content (AvgIpc) is 3.07. The molecule has 0 bridgehead atoms. The van der Waals surface area contributed by atoms with E-state index in [2.05, 4.69) is 16.0 Å². The molecule has 52 heavy (non-hydrogen) atoms. The largest absolute Gasteiger partial charge is 0.508 e. The Balaban J connectivity index is 2.31. The topological polar surface area (TPSA) is 229 Å². The van der Waals surface area contributed by atoms with Gasteiger partial charge in [0.1, 0.15) is 23.3 Å². The number of ether oxygens (including phenoxy) is 2. The summed E-state index contributed by atoms with van der Waals surface area (Å²) in [5.74, 6) is -4.50. The minimum Gasteiger partial charge on any atom is -0.508 e. The van der Waals surface area contributed by atoms with Crippen LogP contribution in [0.2, 0.25) is 0 Å². The van der Waals surface area contributed by atoms with Gasteiger partial charge in [0.05, 0.1) is 18.6 Å². The Morgan fingerprint density at radius 3 is 2.06 bits per heavy atom. The van der Waals surface area contributed by atoms with E-state index < -0.39 is 71.7 Å². The number of aryl methyl sites for hydroxylation is 2. The van der Waals surface area contributed by atoms with E-state index in [1.54, 1.807) is 77.1 Å². The summed E-state index contributed by atoms with van der Waals surface area (Å²) >= 11 is 1.42. The normalized spacial score (nSPS) is 13.5. The van der Waals surface area contributed by atoms with Crippen LogP contribution in [0.1, 0.15) is 55.9 Å². The van der Waals surface area contributed by atoms with Crippen LogP contribution in [0.5, 0.6) is 5.75 Å². The Morgan fingerprint density at radius 2 is 1.50 bits per heavy atom. The van der Waals surface area contributed by atoms with E-state index >= 15 is 0 Å². The smallest absolute Gasteiger partial charge is 0.408 e. The Morgan fingerprint density at radius 1 is 0.865 bits per heavy atom. The minimum atomic E-state index is -1.42. The summed E-state index contributed by atoms with van der Waals surface area (Å²) in [7, 11) is 0. The second-order valence-corrected chi connectivity index (χ2v) is 14.4. The molecular weight excluding hydrogens is 690 g/mol. The van der Waals surface area contributed by atoms with Gasteiger partial charge in [0.2, 0.25) is 11.8 Å². The molecule has 2 aromatic carbocycles. The Kier molecular flexibility index (Phi) is 17.8. The summed E-state index contributed by atoms with van der Waals surface area (Å²) in [6.07, 6.45) is 1.11. The maximum atomic E-state index is 14.0. The molecule has 0 aliphatic rings. The average molecular weight is 744 g/mol. The van der Waals surface area contributed by atoms with Gasteiger partial charge >= 0.3 is 12.1 Å². The van der Waals surface area contributed by atoms with Gasteiger partial charge < -0.3 is 42.0 Å². The first-order chi connectivity index (χ1) is 24.5. The summed E-state index contributed by atoms with van der Waals surface area (Å²) in [6, 6.07) is 8.57. The fraction of sp³-hybridized carbons (Fsp3) is 0.514. The van der Waals surface area contributed by atoms with Crippen LogP contribution < -0.4 is 27.4 Å². The lowest BCUT2D eigenvalue weighted by Gasteiger charge is -2.27. The van der Waals surface area contributed by atoms with E-state index in [1.165, 1.54) is 11.8 Å². The van der Waals surface area contributed by atoms with E-state index in [0.717, 1.165) is 5.56 Å². The van der Waals surface area contributed by atoms with Crippen molar-refractivity contribution in [3.8, 4) is 5.75 Å². The summed E-state index contributed by atoms with van der Waals surface area (Å²) in [4.78, 5) is 79.4. The number of alkyl carbamates (subject to hydrolysis) is 1. The van der Waals surface area contributed by atoms with Gasteiger partial charge in [0.15, 0.2) is 18.2 Å². The van der Waals surface area contributed by atoms with Crippen molar-refractivity contribution in [2.24, 2.45) is 17.4 Å². The number of Topliss-reactive ketones (excluding diaryl/α,β-unsaturated/α-hetero) is 2. The third kappa shape index (κ3) is 14.6. The number of hydrogen-bond donors (Lipinski definition) is 6. The molecule has 0 fully saturated rings. The first-order valence-electron chi connectivity index (χ1n) is 17.0. The number of carbonyl (C=O) groups excluding carboxylic acids is 6. The number of nitrogens with two attached hydrogens (primary N) is 2. The van der Waals surface area contributed by atoms with Crippen molar-refractivity contribution in [3.63, 3.8) is 0 Å². The highest BCUT2D eigenvalue weighted by Crippen LogP contribution is 2.23. The molecule has 8 N–H and O–H groups in total. The number of phenolic OH excluding ortho intramolecular Hbond substituents is 1. The van der Waals surface area contributed by atoms with Crippen molar-refractivity contribution in [1.82, 2.24) is 16.0 Å². The van der Waals surface area contributed by atoms with Crippen molar-refractivity contribution >= 4 is 47.2 Å². The fourth-order valence-corrected chi connectivity index (χ4v) is 5.90. The standard InChI is InChI=1S/C37H53N5O9S/c1-22-16-25(43)17-23(2)27(22)19-30(42-36(49)51-37(3,4)5)34(47)41-28(13-15-52-6)33(46)26(12-14-38)35(48)50-21-31(44)29(40-32(45)20-39)18-24-10-8-7-9-11-24/h7-11,16-17,26,28-30,43H,12-15,18-21,38-39H2,1-6H3,(H,40,45)(H,41,47)(H,42,49)/t26?,28-,29-,30-/m0/s1. The number of ketones is 2. The molecule has 15 heteroatoms. The van der Waals surface area contributed by atoms with Crippen LogP contribution in [-0.2, 0) is 46.3 Å². The predicted octanol–water partition coefficient (Wildman–Crippen LogP) is 2.02. The number of rotatable bonds is 20. The quantitative estimate of drug-likeness (QED) is 0.0846. The number of benzene rings is 2. The first kappa shape index (κ1) is 43.7. The molecule has 0 aliphatic carbocycles. The molecule has 0 saturated carbocycles. The second-order valence-electron chi connectivity index (χ2n) is 13.4. The maximum absolute atomic E-state index is 14.0. The summed E-state index contributed by atoms with van der Waals surface area (Å²) < 4.78 is 10.7. The van der Waals surface area contributed by atoms with Crippen LogP contribution in [-0.4, -0.2) is 96.0 Å². The number of phenols is 1. The van der Waals surface area contributed by atoms with Crippen molar-refractivity contribution in [2.45, 2.75) is 84.0 Å². The van der Waals surface area contributed by atoms with Crippen molar-refractivity contribution in [1.29, 1.82) is 0 Å². The number of amides is 3. The van der Waals surface area contributed by atoms with Gasteiger partial charge in [-0.15, -0.1) is 0 Å². The van der Waals surface area contributed by atoms with Gasteiger partial charge in [0, 0.05) is 6.42 Å². The molecule has 0 aromatic heterocycles. The third-order valence-electron chi connectivity index (χ3n) is 8.00. The Bertz CT molecular complexity index is 1520. The van der Waals surface area contributed by atoms with Crippen molar-refractivity contribution in [2.75, 3.05) is 31.7 Å². The van der Waals surface area contributed by atoms with Crippen LogP contribution in [0, 0.1) is 19.8 Å². The van der Waals surface area contributed by atoms with Crippen LogP contribution in [0.4, 0.5) is 4.79 Å². The lowest BCUT2D eigenvalue weighted by molar-refractivity contribution is -0.156. The molecule has 2 rings (SSSR count). The summed E-state index contributed by atoms with van der Waals surface area (Å²) in [5.41, 5.74) is 13.2. The van der Waals surface area contributed by atoms with Crippen molar-refractivity contribution in [3.05, 3.63) is 64.7 Å². The molecule has 0 radical (unpaired) electrons. The highest BCUT2D eigenvalue weighted by Gasteiger charge is 2.36. The van der Waals surface area contributed by atoms with Gasteiger partial charge in [-0.3, -0.25) is 24.0 Å².